The number of Topliss-reactive ketones (excluding diaryl/α,β-unsaturated/α-hetero) is 1. The first-order valence-electron chi connectivity index (χ1n) is 9.95. The van der Waals surface area contributed by atoms with E-state index in [1.165, 1.54) is 6.20 Å². The van der Waals surface area contributed by atoms with E-state index < -0.39 is 0 Å². The SMILES string of the molecule is COc1ccc(-n2ncc(C(=O)C3CCN(C(=O)c4ccccc4)CC3)c2N)cc1. The average Bonchev–Trinajstić information content (AvgIpc) is 3.20. The molecule has 30 heavy (non-hydrogen) atoms. The summed E-state index contributed by atoms with van der Waals surface area (Å²) in [7, 11) is 1.60. The maximum atomic E-state index is 13.1. The first kappa shape index (κ1) is 19.7. The zero-order chi connectivity index (χ0) is 21.1. The number of nitrogens with two attached hydrogens (primary N) is 1. The summed E-state index contributed by atoms with van der Waals surface area (Å²) >= 11 is 0. The molecular formula is C23H24N4O3. The van der Waals surface area contributed by atoms with Crippen LogP contribution in [0.2, 0.25) is 0 Å². The van der Waals surface area contributed by atoms with Gasteiger partial charge >= 0.3 is 0 Å². The van der Waals surface area contributed by atoms with Gasteiger partial charge in [-0.15, -0.1) is 0 Å². The average molecular weight is 404 g/mol. The number of aromatic nitrogens is 2. The van der Waals surface area contributed by atoms with Gasteiger partial charge in [-0.05, 0) is 49.2 Å². The molecule has 0 radical (unpaired) electrons. The first-order valence-corrected chi connectivity index (χ1v) is 9.95. The van der Waals surface area contributed by atoms with Crippen LogP contribution >= 0.6 is 0 Å². The molecule has 2 N–H and O–H groups in total. The number of ether oxygens (including phenoxy) is 1. The summed E-state index contributed by atoms with van der Waals surface area (Å²) in [6.07, 6.45) is 2.76. The van der Waals surface area contributed by atoms with Crippen LogP contribution in [0.3, 0.4) is 0 Å². The Labute approximate surface area is 175 Å². The van der Waals surface area contributed by atoms with E-state index in [0.29, 0.717) is 42.9 Å². The molecular weight excluding hydrogens is 380 g/mol. The minimum absolute atomic E-state index is 0.00772. The normalized spacial score (nSPS) is 14.5. The molecule has 0 saturated carbocycles. The number of methoxy groups -OCH3 is 1. The number of anilines is 1. The molecule has 1 aliphatic heterocycles. The molecule has 1 saturated heterocycles. The largest absolute Gasteiger partial charge is 0.497 e. The molecule has 7 nitrogen and oxygen atoms in total. The van der Waals surface area contributed by atoms with E-state index in [0.717, 1.165) is 11.4 Å². The van der Waals surface area contributed by atoms with E-state index in [4.69, 9.17) is 10.5 Å². The van der Waals surface area contributed by atoms with E-state index >= 15 is 0 Å². The monoisotopic (exact) mass is 404 g/mol. The molecule has 1 amide bonds. The van der Waals surface area contributed by atoms with Gasteiger partial charge in [-0.3, -0.25) is 9.59 Å². The number of nitrogen functional groups attached to an aromatic ring is 1. The summed E-state index contributed by atoms with van der Waals surface area (Å²) < 4.78 is 6.73. The van der Waals surface area contributed by atoms with Crippen molar-refractivity contribution in [1.82, 2.24) is 14.7 Å². The van der Waals surface area contributed by atoms with Gasteiger partial charge in [-0.2, -0.15) is 5.10 Å². The molecule has 2 aromatic carbocycles. The highest BCUT2D eigenvalue weighted by Gasteiger charge is 2.30. The Morgan fingerprint density at radius 3 is 2.33 bits per heavy atom. The summed E-state index contributed by atoms with van der Waals surface area (Å²) in [5.41, 5.74) is 8.11. The van der Waals surface area contributed by atoms with Crippen LogP contribution in [0.1, 0.15) is 33.6 Å². The van der Waals surface area contributed by atoms with Crippen molar-refractivity contribution in [3.05, 3.63) is 71.9 Å². The highest BCUT2D eigenvalue weighted by atomic mass is 16.5. The summed E-state index contributed by atoms with van der Waals surface area (Å²) in [5.74, 6) is 0.888. The Balaban J connectivity index is 1.43. The summed E-state index contributed by atoms with van der Waals surface area (Å²) in [4.78, 5) is 27.5. The maximum absolute atomic E-state index is 13.1. The molecule has 0 aliphatic carbocycles. The first-order chi connectivity index (χ1) is 14.6. The van der Waals surface area contributed by atoms with Crippen molar-refractivity contribution in [1.29, 1.82) is 0 Å². The summed E-state index contributed by atoms with van der Waals surface area (Å²) in [6, 6.07) is 16.5. The smallest absolute Gasteiger partial charge is 0.253 e. The number of carbonyl (C=O) groups is 2. The van der Waals surface area contributed by atoms with E-state index in [1.54, 1.807) is 11.8 Å². The van der Waals surface area contributed by atoms with Crippen molar-refractivity contribution in [2.75, 3.05) is 25.9 Å². The van der Waals surface area contributed by atoms with Crippen molar-refractivity contribution in [3.63, 3.8) is 0 Å². The van der Waals surface area contributed by atoms with Crippen molar-refractivity contribution in [3.8, 4) is 11.4 Å². The van der Waals surface area contributed by atoms with Gasteiger partial charge in [-0.25, -0.2) is 4.68 Å². The molecule has 0 unspecified atom stereocenters. The fourth-order valence-electron chi connectivity index (χ4n) is 3.80. The van der Waals surface area contributed by atoms with Gasteiger partial charge in [-0.1, -0.05) is 18.2 Å². The van der Waals surface area contributed by atoms with Crippen molar-refractivity contribution in [2.24, 2.45) is 5.92 Å². The Morgan fingerprint density at radius 2 is 1.70 bits per heavy atom. The van der Waals surface area contributed by atoms with E-state index in [2.05, 4.69) is 5.10 Å². The quantitative estimate of drug-likeness (QED) is 0.660. The van der Waals surface area contributed by atoms with Crippen LogP contribution in [0.4, 0.5) is 5.82 Å². The van der Waals surface area contributed by atoms with Gasteiger partial charge in [0.25, 0.3) is 5.91 Å². The number of likely N-dealkylation sites (tertiary alicyclic amines) is 1. The molecule has 0 bridgehead atoms. The Kier molecular flexibility index (Phi) is 5.52. The van der Waals surface area contributed by atoms with Gasteiger partial charge < -0.3 is 15.4 Å². The van der Waals surface area contributed by atoms with E-state index in [1.807, 2.05) is 59.5 Å². The van der Waals surface area contributed by atoms with Gasteiger partial charge in [0.15, 0.2) is 5.78 Å². The highest BCUT2D eigenvalue weighted by Crippen LogP contribution is 2.27. The lowest BCUT2D eigenvalue weighted by Crippen LogP contribution is -2.40. The molecule has 1 fully saturated rings. The fourth-order valence-corrected chi connectivity index (χ4v) is 3.80. The molecule has 2 heterocycles. The van der Waals surface area contributed by atoms with Gasteiger partial charge in [0.1, 0.15) is 11.6 Å². The van der Waals surface area contributed by atoms with Crippen LogP contribution in [-0.2, 0) is 0 Å². The predicted octanol–water partition coefficient (Wildman–Crippen LogP) is 3.20. The van der Waals surface area contributed by atoms with Crippen LogP contribution in [0.15, 0.2) is 60.8 Å². The third-order valence-electron chi connectivity index (χ3n) is 5.56. The summed E-state index contributed by atoms with van der Waals surface area (Å²) in [5, 5.41) is 4.31. The maximum Gasteiger partial charge on any atom is 0.253 e. The van der Waals surface area contributed by atoms with Crippen LogP contribution in [0, 0.1) is 5.92 Å². The number of nitrogens with zero attached hydrogens (tertiary/aromatic N) is 3. The number of piperidine rings is 1. The number of hydrogen-bond acceptors (Lipinski definition) is 5. The van der Waals surface area contributed by atoms with Crippen LogP contribution in [0.5, 0.6) is 5.75 Å². The second kappa shape index (κ2) is 8.41. The number of ketones is 1. The number of carbonyl (C=O) groups excluding carboxylic acids is 2. The van der Waals surface area contributed by atoms with Crippen molar-refractivity contribution >= 4 is 17.5 Å². The van der Waals surface area contributed by atoms with Crippen LogP contribution < -0.4 is 10.5 Å². The number of benzene rings is 2. The minimum atomic E-state index is -0.166. The predicted molar refractivity (Wildman–Crippen MR) is 114 cm³/mol. The lowest BCUT2D eigenvalue weighted by atomic mass is 9.89. The Hall–Kier alpha value is -3.61. The molecule has 1 aliphatic rings. The molecule has 1 aromatic heterocycles. The number of hydrogen-bond donors (Lipinski definition) is 1. The second-order valence-electron chi connectivity index (χ2n) is 7.35. The fraction of sp³-hybridized carbons (Fsp3) is 0.261. The van der Waals surface area contributed by atoms with Gasteiger partial charge in [0, 0.05) is 24.6 Å². The molecule has 0 atom stereocenters. The van der Waals surface area contributed by atoms with Crippen molar-refractivity contribution in [2.45, 2.75) is 12.8 Å². The van der Waals surface area contributed by atoms with E-state index in [9.17, 15) is 9.59 Å². The van der Waals surface area contributed by atoms with Crippen LogP contribution in [0.25, 0.3) is 5.69 Å². The molecule has 7 heteroatoms. The van der Waals surface area contributed by atoms with E-state index in [-0.39, 0.29) is 17.6 Å². The third kappa shape index (κ3) is 3.78. The van der Waals surface area contributed by atoms with Crippen molar-refractivity contribution < 1.29 is 14.3 Å². The Bertz CT molecular complexity index is 1040. The lowest BCUT2D eigenvalue weighted by molar-refractivity contribution is 0.0650. The summed E-state index contributed by atoms with van der Waals surface area (Å²) in [6.45, 7) is 1.10. The second-order valence-corrected chi connectivity index (χ2v) is 7.35. The third-order valence-corrected chi connectivity index (χ3v) is 5.56. The molecule has 154 valence electrons. The zero-order valence-electron chi connectivity index (χ0n) is 16.8. The van der Waals surface area contributed by atoms with Crippen LogP contribution in [-0.4, -0.2) is 46.6 Å². The Morgan fingerprint density at radius 1 is 1.03 bits per heavy atom. The topological polar surface area (TPSA) is 90.5 Å². The minimum Gasteiger partial charge on any atom is -0.497 e. The molecule has 3 aromatic rings. The lowest BCUT2D eigenvalue weighted by Gasteiger charge is -2.31. The standard InChI is InChI=1S/C23H24N4O3/c1-30-19-9-7-18(8-10-19)27-22(24)20(15-25-27)21(28)16-11-13-26(14-12-16)23(29)17-5-3-2-4-6-17/h2-10,15-16H,11-14,24H2,1H3. The number of amides is 1. The molecule has 0 spiro atoms. The highest BCUT2D eigenvalue weighted by molar-refractivity contribution is 6.02. The zero-order valence-corrected chi connectivity index (χ0v) is 16.8. The number of rotatable bonds is 5. The van der Waals surface area contributed by atoms with Gasteiger partial charge in [0.05, 0.1) is 24.6 Å². The molecule has 4 rings (SSSR count). The van der Waals surface area contributed by atoms with Gasteiger partial charge in [0.2, 0.25) is 0 Å².